The van der Waals surface area contributed by atoms with Crippen molar-refractivity contribution in [1.82, 2.24) is 0 Å². The van der Waals surface area contributed by atoms with Gasteiger partial charge in [0.05, 0.1) is 24.7 Å². The molecule has 0 bridgehead atoms. The highest BCUT2D eigenvalue weighted by Crippen LogP contribution is 2.14. The molecule has 0 amide bonds. The molecular weight excluding hydrogens is 190 g/mol. The van der Waals surface area contributed by atoms with Crippen molar-refractivity contribution in [2.45, 2.75) is 20.3 Å². The van der Waals surface area contributed by atoms with Crippen LogP contribution in [0.3, 0.4) is 0 Å². The summed E-state index contributed by atoms with van der Waals surface area (Å²) in [6.45, 7) is 4.02. The molecule has 0 saturated carbocycles. The second-order valence-corrected chi connectivity index (χ2v) is 3.19. The maximum absolute atomic E-state index is 11.3. The van der Waals surface area contributed by atoms with Crippen LogP contribution in [0.25, 0.3) is 0 Å². The number of nitrogens with zero attached hydrogens (tertiary/aromatic N) is 1. The van der Waals surface area contributed by atoms with Crippen LogP contribution in [0, 0.1) is 18.3 Å². The number of ether oxygens (including phenoxy) is 1. The Balaban J connectivity index is 2.94. The fourth-order valence-electron chi connectivity index (χ4n) is 1.40. The summed E-state index contributed by atoms with van der Waals surface area (Å²) in [5, 5.41) is 8.88. The monoisotopic (exact) mass is 203 g/mol. The average molecular weight is 203 g/mol. The fourth-order valence-corrected chi connectivity index (χ4v) is 1.40. The molecule has 0 aliphatic heterocycles. The summed E-state index contributed by atoms with van der Waals surface area (Å²) in [5.41, 5.74) is 2.25. The Morgan fingerprint density at radius 2 is 2.27 bits per heavy atom. The molecule has 0 saturated heterocycles. The van der Waals surface area contributed by atoms with E-state index in [9.17, 15) is 4.79 Å². The summed E-state index contributed by atoms with van der Waals surface area (Å²) in [6, 6.07) is 7.48. The molecule has 0 N–H and O–H groups in total. The second kappa shape index (κ2) is 5.16. The lowest BCUT2D eigenvalue weighted by molar-refractivity contribution is -0.142. The second-order valence-electron chi connectivity index (χ2n) is 3.19. The predicted molar refractivity (Wildman–Crippen MR) is 56.2 cm³/mol. The summed E-state index contributed by atoms with van der Waals surface area (Å²) < 4.78 is 4.85. The highest BCUT2D eigenvalue weighted by atomic mass is 16.5. The third kappa shape index (κ3) is 2.81. The lowest BCUT2D eigenvalue weighted by atomic mass is 10.00. The largest absolute Gasteiger partial charge is 0.466 e. The third-order valence-corrected chi connectivity index (χ3v) is 2.16. The van der Waals surface area contributed by atoms with Gasteiger partial charge >= 0.3 is 5.97 Å². The van der Waals surface area contributed by atoms with Crippen LogP contribution >= 0.6 is 0 Å². The quantitative estimate of drug-likeness (QED) is 0.706. The highest BCUT2D eigenvalue weighted by molar-refractivity contribution is 5.74. The maximum atomic E-state index is 11.3. The van der Waals surface area contributed by atoms with Crippen molar-refractivity contribution in [3.63, 3.8) is 0 Å². The van der Waals surface area contributed by atoms with Gasteiger partial charge in [-0.25, -0.2) is 0 Å². The number of carbonyl (C=O) groups is 1. The van der Waals surface area contributed by atoms with Gasteiger partial charge in [-0.3, -0.25) is 4.79 Å². The Morgan fingerprint density at radius 3 is 2.87 bits per heavy atom. The number of rotatable bonds is 3. The van der Waals surface area contributed by atoms with Crippen LogP contribution in [0.4, 0.5) is 0 Å². The molecule has 1 aromatic rings. The van der Waals surface area contributed by atoms with Crippen LogP contribution in [0.2, 0.25) is 0 Å². The average Bonchev–Trinajstić information content (AvgIpc) is 2.21. The number of aryl methyl sites for hydroxylation is 1. The molecule has 1 aromatic carbocycles. The lowest BCUT2D eigenvalue weighted by Gasteiger charge is -2.07. The van der Waals surface area contributed by atoms with Crippen LogP contribution in [-0.2, 0) is 16.0 Å². The molecule has 0 aromatic heterocycles. The normalized spacial score (nSPS) is 9.40. The van der Waals surface area contributed by atoms with Gasteiger partial charge in [-0.15, -0.1) is 0 Å². The molecule has 15 heavy (non-hydrogen) atoms. The van der Waals surface area contributed by atoms with Crippen molar-refractivity contribution in [3.05, 3.63) is 34.9 Å². The third-order valence-electron chi connectivity index (χ3n) is 2.16. The smallest absolute Gasteiger partial charge is 0.310 e. The number of benzene rings is 1. The summed E-state index contributed by atoms with van der Waals surface area (Å²) >= 11 is 0. The van der Waals surface area contributed by atoms with Crippen molar-refractivity contribution < 1.29 is 9.53 Å². The Kier molecular flexibility index (Phi) is 3.87. The van der Waals surface area contributed by atoms with Crippen LogP contribution < -0.4 is 0 Å². The first-order valence-corrected chi connectivity index (χ1v) is 4.83. The van der Waals surface area contributed by atoms with Gasteiger partial charge in [0.1, 0.15) is 0 Å². The van der Waals surface area contributed by atoms with Gasteiger partial charge in [-0.05, 0) is 31.0 Å². The summed E-state index contributed by atoms with van der Waals surface area (Å²) in [4.78, 5) is 11.3. The van der Waals surface area contributed by atoms with Crippen molar-refractivity contribution in [1.29, 1.82) is 5.26 Å². The van der Waals surface area contributed by atoms with Gasteiger partial charge in [0.2, 0.25) is 0 Å². The zero-order chi connectivity index (χ0) is 11.3. The van der Waals surface area contributed by atoms with Gasteiger partial charge in [0.25, 0.3) is 0 Å². The van der Waals surface area contributed by atoms with E-state index in [0.717, 1.165) is 11.1 Å². The number of hydrogen-bond acceptors (Lipinski definition) is 3. The van der Waals surface area contributed by atoms with E-state index in [1.54, 1.807) is 13.0 Å². The van der Waals surface area contributed by atoms with E-state index < -0.39 is 0 Å². The minimum Gasteiger partial charge on any atom is -0.466 e. The summed E-state index contributed by atoms with van der Waals surface area (Å²) in [6.07, 6.45) is 0.170. The zero-order valence-corrected chi connectivity index (χ0v) is 8.91. The Labute approximate surface area is 89.3 Å². The number of nitriles is 1. The van der Waals surface area contributed by atoms with E-state index in [4.69, 9.17) is 10.00 Å². The predicted octanol–water partition coefficient (Wildman–Crippen LogP) is 1.97. The number of hydrogen-bond donors (Lipinski definition) is 0. The van der Waals surface area contributed by atoms with Crippen molar-refractivity contribution in [3.8, 4) is 6.07 Å². The topological polar surface area (TPSA) is 50.1 Å². The first kappa shape index (κ1) is 11.3. The molecule has 0 aliphatic carbocycles. The molecule has 1 rings (SSSR count). The van der Waals surface area contributed by atoms with E-state index in [0.29, 0.717) is 12.2 Å². The minimum absolute atomic E-state index is 0.170. The van der Waals surface area contributed by atoms with E-state index in [1.165, 1.54) is 0 Å². The van der Waals surface area contributed by atoms with Crippen LogP contribution in [0.15, 0.2) is 18.2 Å². The van der Waals surface area contributed by atoms with E-state index in [1.807, 2.05) is 19.1 Å². The van der Waals surface area contributed by atoms with E-state index >= 15 is 0 Å². The molecule has 0 heterocycles. The lowest BCUT2D eigenvalue weighted by Crippen LogP contribution is -2.09. The van der Waals surface area contributed by atoms with Crippen LogP contribution in [-0.4, -0.2) is 12.6 Å². The van der Waals surface area contributed by atoms with Crippen molar-refractivity contribution in [2.75, 3.05) is 6.61 Å². The molecular formula is C12H13NO2. The van der Waals surface area contributed by atoms with Gasteiger partial charge in [0, 0.05) is 0 Å². The molecule has 0 atom stereocenters. The van der Waals surface area contributed by atoms with E-state index in [-0.39, 0.29) is 12.4 Å². The Morgan fingerprint density at radius 1 is 1.53 bits per heavy atom. The van der Waals surface area contributed by atoms with Crippen molar-refractivity contribution >= 4 is 5.97 Å². The molecule has 0 radical (unpaired) electrons. The van der Waals surface area contributed by atoms with Crippen LogP contribution in [0.1, 0.15) is 23.6 Å². The standard InChI is InChI=1S/C12H13NO2/c1-3-15-12(14)7-11-9(2)5-4-6-10(11)8-13/h4-6H,3,7H2,1-2H3. The SMILES string of the molecule is CCOC(=O)Cc1c(C)cccc1C#N. The molecule has 3 nitrogen and oxygen atoms in total. The van der Waals surface area contributed by atoms with Gasteiger partial charge < -0.3 is 4.74 Å². The molecule has 78 valence electrons. The highest BCUT2D eigenvalue weighted by Gasteiger charge is 2.10. The molecule has 0 unspecified atom stereocenters. The Bertz CT molecular complexity index is 405. The van der Waals surface area contributed by atoms with Gasteiger partial charge in [-0.2, -0.15) is 5.26 Å². The van der Waals surface area contributed by atoms with Crippen molar-refractivity contribution in [2.24, 2.45) is 0 Å². The number of carbonyl (C=O) groups excluding carboxylic acids is 1. The number of esters is 1. The zero-order valence-electron chi connectivity index (χ0n) is 8.91. The summed E-state index contributed by atoms with van der Waals surface area (Å²) in [7, 11) is 0. The van der Waals surface area contributed by atoms with Crippen LogP contribution in [0.5, 0.6) is 0 Å². The molecule has 0 spiro atoms. The Hall–Kier alpha value is -1.82. The molecule has 0 aliphatic rings. The van der Waals surface area contributed by atoms with Gasteiger partial charge in [0.15, 0.2) is 0 Å². The molecule has 3 heteroatoms. The van der Waals surface area contributed by atoms with E-state index in [2.05, 4.69) is 6.07 Å². The van der Waals surface area contributed by atoms with Gasteiger partial charge in [-0.1, -0.05) is 12.1 Å². The first-order chi connectivity index (χ1) is 7.19. The fraction of sp³-hybridized carbons (Fsp3) is 0.333. The summed E-state index contributed by atoms with van der Waals surface area (Å²) in [5.74, 6) is -0.289. The minimum atomic E-state index is -0.289. The first-order valence-electron chi connectivity index (χ1n) is 4.83. The molecule has 0 fully saturated rings. The maximum Gasteiger partial charge on any atom is 0.310 e.